The van der Waals surface area contributed by atoms with Crippen LogP contribution in [-0.2, 0) is 6.18 Å². The molecule has 3 heterocycles. The molecule has 9 heteroatoms. The van der Waals surface area contributed by atoms with Gasteiger partial charge < -0.3 is 9.42 Å². The van der Waals surface area contributed by atoms with E-state index in [-0.39, 0.29) is 17.3 Å². The Morgan fingerprint density at radius 2 is 2.13 bits per heavy atom. The normalized spacial score (nSPS) is 18.2. The molecule has 0 radical (unpaired) electrons. The molecule has 3 rings (SSSR count). The van der Waals surface area contributed by atoms with Crippen LogP contribution in [0.15, 0.2) is 16.7 Å². The minimum absolute atomic E-state index is 0.0427. The number of rotatable bonds is 2. The maximum Gasteiger partial charge on any atom is 0.433 e. The molecule has 120 valence electrons. The quantitative estimate of drug-likeness (QED) is 0.845. The molecular weight excluding hydrogens is 311 g/mol. The van der Waals surface area contributed by atoms with Crippen molar-refractivity contribution in [2.75, 3.05) is 18.0 Å². The van der Waals surface area contributed by atoms with E-state index in [0.29, 0.717) is 31.2 Å². The van der Waals surface area contributed by atoms with Crippen LogP contribution in [0.25, 0.3) is 0 Å². The van der Waals surface area contributed by atoms with Crippen LogP contribution in [0.5, 0.6) is 0 Å². The Hall–Kier alpha value is -2.63. The van der Waals surface area contributed by atoms with Gasteiger partial charge in [-0.25, -0.2) is 4.98 Å². The van der Waals surface area contributed by atoms with Crippen molar-refractivity contribution in [2.24, 2.45) is 0 Å². The molecule has 2 aromatic heterocycles. The van der Waals surface area contributed by atoms with Crippen molar-refractivity contribution in [3.63, 3.8) is 0 Å². The monoisotopic (exact) mass is 323 g/mol. The molecule has 0 amide bonds. The molecule has 0 unspecified atom stereocenters. The minimum atomic E-state index is -4.55. The molecule has 1 aliphatic rings. The molecule has 23 heavy (non-hydrogen) atoms. The lowest BCUT2D eigenvalue weighted by atomic mass is 10.1. The first kappa shape index (κ1) is 15.3. The second kappa shape index (κ2) is 5.53. The van der Waals surface area contributed by atoms with E-state index < -0.39 is 11.9 Å². The smallest absolute Gasteiger partial charge is 0.355 e. The van der Waals surface area contributed by atoms with Crippen LogP contribution < -0.4 is 4.90 Å². The Morgan fingerprint density at radius 1 is 1.35 bits per heavy atom. The fourth-order valence-corrected chi connectivity index (χ4v) is 2.57. The highest BCUT2D eigenvalue weighted by Gasteiger charge is 2.35. The maximum atomic E-state index is 12.8. The van der Waals surface area contributed by atoms with Crippen LogP contribution in [0.3, 0.4) is 0 Å². The van der Waals surface area contributed by atoms with E-state index in [4.69, 9.17) is 9.78 Å². The molecule has 0 N–H and O–H groups in total. The van der Waals surface area contributed by atoms with Crippen LogP contribution in [0.1, 0.15) is 35.3 Å². The third-order valence-corrected chi connectivity index (χ3v) is 3.67. The Kier molecular flexibility index (Phi) is 3.67. The van der Waals surface area contributed by atoms with Crippen molar-refractivity contribution in [1.82, 2.24) is 15.1 Å². The van der Waals surface area contributed by atoms with E-state index in [1.54, 1.807) is 11.8 Å². The Labute approximate surface area is 129 Å². The second-order valence-electron chi connectivity index (χ2n) is 5.29. The predicted molar refractivity (Wildman–Crippen MR) is 72.6 cm³/mol. The van der Waals surface area contributed by atoms with Gasteiger partial charge in [-0.2, -0.15) is 23.4 Å². The first-order chi connectivity index (χ1) is 10.9. The SMILES string of the molecule is Cc1noc([C@H]2CCN(c3nc(C(F)(F)F)ccc3C#N)C2)n1. The number of hydrogen-bond acceptors (Lipinski definition) is 6. The molecule has 0 aromatic carbocycles. The number of alkyl halides is 3. The van der Waals surface area contributed by atoms with Crippen LogP contribution in [-0.4, -0.2) is 28.2 Å². The van der Waals surface area contributed by atoms with Gasteiger partial charge in [-0.1, -0.05) is 5.16 Å². The Bertz CT molecular complexity index is 765. The van der Waals surface area contributed by atoms with Crippen molar-refractivity contribution in [3.05, 3.63) is 35.1 Å². The average molecular weight is 323 g/mol. The lowest BCUT2D eigenvalue weighted by molar-refractivity contribution is -0.141. The summed E-state index contributed by atoms with van der Waals surface area (Å²) in [6.07, 6.45) is -3.91. The van der Waals surface area contributed by atoms with Crippen molar-refractivity contribution in [3.8, 4) is 6.07 Å². The van der Waals surface area contributed by atoms with Gasteiger partial charge in [0.15, 0.2) is 5.82 Å². The van der Waals surface area contributed by atoms with E-state index >= 15 is 0 Å². The fraction of sp³-hybridized carbons (Fsp3) is 0.429. The van der Waals surface area contributed by atoms with E-state index in [9.17, 15) is 13.2 Å². The van der Waals surface area contributed by atoms with Crippen molar-refractivity contribution in [2.45, 2.75) is 25.4 Å². The molecule has 6 nitrogen and oxygen atoms in total. The third kappa shape index (κ3) is 2.97. The fourth-order valence-electron chi connectivity index (χ4n) is 2.57. The zero-order chi connectivity index (χ0) is 16.6. The number of hydrogen-bond donors (Lipinski definition) is 0. The van der Waals surface area contributed by atoms with Crippen LogP contribution in [0.4, 0.5) is 19.0 Å². The van der Waals surface area contributed by atoms with Crippen LogP contribution in [0, 0.1) is 18.3 Å². The first-order valence-electron chi connectivity index (χ1n) is 6.92. The summed E-state index contributed by atoms with van der Waals surface area (Å²) in [5, 5.41) is 12.8. The lowest BCUT2D eigenvalue weighted by Crippen LogP contribution is -2.23. The predicted octanol–water partition coefficient (Wildman–Crippen LogP) is 2.66. The minimum Gasteiger partial charge on any atom is -0.355 e. The number of pyridine rings is 1. The number of aromatic nitrogens is 3. The van der Waals surface area contributed by atoms with Crippen molar-refractivity contribution in [1.29, 1.82) is 5.26 Å². The lowest BCUT2D eigenvalue weighted by Gasteiger charge is -2.19. The van der Waals surface area contributed by atoms with Gasteiger partial charge in [-0.15, -0.1) is 0 Å². The topological polar surface area (TPSA) is 78.8 Å². The highest BCUT2D eigenvalue weighted by atomic mass is 19.4. The molecule has 0 bridgehead atoms. The van der Waals surface area contributed by atoms with Crippen molar-refractivity contribution < 1.29 is 17.7 Å². The van der Waals surface area contributed by atoms with E-state index in [0.717, 1.165) is 12.1 Å². The third-order valence-electron chi connectivity index (χ3n) is 3.67. The first-order valence-corrected chi connectivity index (χ1v) is 6.92. The Balaban J connectivity index is 1.88. The van der Waals surface area contributed by atoms with Crippen LogP contribution in [0.2, 0.25) is 0 Å². The molecule has 1 fully saturated rings. The standard InChI is InChI=1S/C14H12F3N5O/c1-8-19-13(23-21-8)10-4-5-22(7-10)12-9(6-18)2-3-11(20-12)14(15,16)17/h2-3,10H,4-5,7H2,1H3/t10-/m0/s1. The summed E-state index contributed by atoms with van der Waals surface area (Å²) in [6, 6.07) is 3.85. The summed E-state index contributed by atoms with van der Waals surface area (Å²) in [7, 11) is 0. The summed E-state index contributed by atoms with van der Waals surface area (Å²) < 4.78 is 43.6. The molecule has 1 aliphatic heterocycles. The van der Waals surface area contributed by atoms with E-state index in [2.05, 4.69) is 15.1 Å². The summed E-state index contributed by atoms with van der Waals surface area (Å²) in [5.41, 5.74) is -0.899. The molecule has 2 aromatic rings. The summed E-state index contributed by atoms with van der Waals surface area (Å²) in [6.45, 7) is 2.54. The zero-order valence-corrected chi connectivity index (χ0v) is 12.1. The van der Waals surface area contributed by atoms with Gasteiger partial charge in [-0.05, 0) is 25.5 Å². The van der Waals surface area contributed by atoms with Gasteiger partial charge in [0.1, 0.15) is 17.6 Å². The zero-order valence-electron chi connectivity index (χ0n) is 12.1. The number of anilines is 1. The van der Waals surface area contributed by atoms with Gasteiger partial charge in [0.25, 0.3) is 0 Å². The number of nitrogens with zero attached hydrogens (tertiary/aromatic N) is 5. The van der Waals surface area contributed by atoms with E-state index in [1.165, 1.54) is 0 Å². The van der Waals surface area contributed by atoms with Gasteiger partial charge in [-0.3, -0.25) is 0 Å². The molecular formula is C14H12F3N5O. The molecule has 0 aliphatic carbocycles. The van der Waals surface area contributed by atoms with Crippen LogP contribution >= 0.6 is 0 Å². The number of halogens is 3. The van der Waals surface area contributed by atoms with Gasteiger partial charge in [0, 0.05) is 13.1 Å². The molecule has 1 atom stereocenters. The van der Waals surface area contributed by atoms with Gasteiger partial charge in [0.2, 0.25) is 5.89 Å². The second-order valence-corrected chi connectivity index (χ2v) is 5.29. The number of aryl methyl sites for hydroxylation is 1. The highest BCUT2D eigenvalue weighted by molar-refractivity contribution is 5.55. The average Bonchev–Trinajstić information content (AvgIpc) is 3.14. The molecule has 1 saturated heterocycles. The largest absolute Gasteiger partial charge is 0.433 e. The van der Waals surface area contributed by atoms with E-state index in [1.807, 2.05) is 6.07 Å². The van der Waals surface area contributed by atoms with Crippen molar-refractivity contribution >= 4 is 5.82 Å². The summed E-state index contributed by atoms with van der Waals surface area (Å²) in [4.78, 5) is 9.44. The highest BCUT2D eigenvalue weighted by Crippen LogP contribution is 2.34. The van der Waals surface area contributed by atoms with Gasteiger partial charge >= 0.3 is 6.18 Å². The number of nitriles is 1. The molecule has 0 saturated carbocycles. The Morgan fingerprint density at radius 3 is 2.74 bits per heavy atom. The summed E-state index contributed by atoms with van der Waals surface area (Å²) in [5.74, 6) is 0.920. The molecule has 0 spiro atoms. The van der Waals surface area contributed by atoms with Gasteiger partial charge in [0.05, 0.1) is 11.5 Å². The summed E-state index contributed by atoms with van der Waals surface area (Å²) >= 11 is 0. The maximum absolute atomic E-state index is 12.8.